The van der Waals surface area contributed by atoms with E-state index in [1.165, 1.54) is 36.9 Å². The Labute approximate surface area is 183 Å². The maximum atomic E-state index is 15.0. The minimum atomic E-state index is -2.57. The molecule has 0 bridgehead atoms. The van der Waals surface area contributed by atoms with E-state index < -0.39 is 11.7 Å². The Kier molecular flexibility index (Phi) is 5.92. The van der Waals surface area contributed by atoms with Gasteiger partial charge in [-0.05, 0) is 62.9 Å². The molecule has 0 atom stereocenters. The van der Waals surface area contributed by atoms with Gasteiger partial charge in [0.15, 0.2) is 5.79 Å². The first-order valence-electron chi connectivity index (χ1n) is 10.6. The lowest BCUT2D eigenvalue weighted by Gasteiger charge is -2.28. The van der Waals surface area contributed by atoms with Crippen molar-refractivity contribution in [2.24, 2.45) is 5.92 Å². The van der Waals surface area contributed by atoms with Crippen molar-refractivity contribution in [3.63, 3.8) is 0 Å². The predicted octanol–water partition coefficient (Wildman–Crippen LogP) is 6.05. The fourth-order valence-electron chi connectivity index (χ4n) is 3.93. The Morgan fingerprint density at radius 2 is 1.78 bits per heavy atom. The van der Waals surface area contributed by atoms with Gasteiger partial charge in [0.25, 0.3) is 0 Å². The van der Waals surface area contributed by atoms with E-state index in [2.05, 4.69) is 20.3 Å². The third-order valence-corrected chi connectivity index (χ3v) is 5.74. The van der Waals surface area contributed by atoms with E-state index in [4.69, 9.17) is 0 Å². The van der Waals surface area contributed by atoms with Gasteiger partial charge < -0.3 is 5.32 Å². The Morgan fingerprint density at radius 3 is 2.44 bits per heavy atom. The van der Waals surface area contributed by atoms with Crippen LogP contribution >= 0.6 is 0 Å². The number of anilines is 1. The molecule has 0 aliphatic heterocycles. The summed E-state index contributed by atoms with van der Waals surface area (Å²) in [5, 5.41) is 3.13. The molecule has 3 aromatic rings. The molecule has 9 heteroatoms. The first-order valence-corrected chi connectivity index (χ1v) is 10.6. The van der Waals surface area contributed by atoms with Crippen molar-refractivity contribution in [2.75, 3.05) is 11.9 Å². The molecule has 4 rings (SSSR count). The predicted molar refractivity (Wildman–Crippen MR) is 114 cm³/mol. The van der Waals surface area contributed by atoms with E-state index in [9.17, 15) is 17.6 Å². The van der Waals surface area contributed by atoms with Crippen molar-refractivity contribution in [3.05, 3.63) is 48.7 Å². The van der Waals surface area contributed by atoms with Crippen LogP contribution in [0.2, 0.25) is 0 Å². The third-order valence-electron chi connectivity index (χ3n) is 5.74. The van der Waals surface area contributed by atoms with Gasteiger partial charge in [0, 0.05) is 31.1 Å². The van der Waals surface area contributed by atoms with E-state index >= 15 is 0 Å². The molecule has 170 valence electrons. The number of alkyl halides is 3. The smallest absolute Gasteiger partial charge is 0.248 e. The van der Waals surface area contributed by atoms with Crippen LogP contribution < -0.4 is 5.32 Å². The van der Waals surface area contributed by atoms with Crippen LogP contribution in [0.3, 0.4) is 0 Å². The SMILES string of the molecule is CC(C)(F)n1cnc(-c2ccc(F)cc2)c1-c1ccnc(NCC2CCC(F)(F)CC2)n1. The number of rotatable bonds is 6. The molecule has 1 fully saturated rings. The van der Waals surface area contributed by atoms with Gasteiger partial charge in [-0.3, -0.25) is 4.57 Å². The normalized spacial score (nSPS) is 16.8. The van der Waals surface area contributed by atoms with E-state index in [-0.39, 0.29) is 24.6 Å². The van der Waals surface area contributed by atoms with Crippen LogP contribution in [0.4, 0.5) is 23.5 Å². The molecule has 0 amide bonds. The van der Waals surface area contributed by atoms with E-state index in [0.717, 1.165) is 0 Å². The minimum absolute atomic E-state index is 0.105. The summed E-state index contributed by atoms with van der Waals surface area (Å²) < 4.78 is 56.5. The van der Waals surface area contributed by atoms with Gasteiger partial charge in [-0.1, -0.05) is 0 Å². The van der Waals surface area contributed by atoms with Gasteiger partial charge in [0.05, 0.1) is 23.4 Å². The summed E-state index contributed by atoms with van der Waals surface area (Å²) in [7, 11) is 0. The highest BCUT2D eigenvalue weighted by atomic mass is 19.3. The molecule has 5 nitrogen and oxygen atoms in total. The average molecular weight is 447 g/mol. The summed E-state index contributed by atoms with van der Waals surface area (Å²) in [6, 6.07) is 7.45. The van der Waals surface area contributed by atoms with Gasteiger partial charge in [0.2, 0.25) is 11.9 Å². The zero-order valence-corrected chi connectivity index (χ0v) is 18.0. The van der Waals surface area contributed by atoms with Crippen molar-refractivity contribution < 1.29 is 17.6 Å². The maximum Gasteiger partial charge on any atom is 0.248 e. The second kappa shape index (κ2) is 8.52. The highest BCUT2D eigenvalue weighted by Crippen LogP contribution is 2.37. The minimum Gasteiger partial charge on any atom is -0.354 e. The molecular weight excluding hydrogens is 422 g/mol. The monoisotopic (exact) mass is 447 g/mol. The zero-order valence-electron chi connectivity index (χ0n) is 18.0. The summed E-state index contributed by atoms with van der Waals surface area (Å²) in [5.74, 6) is -4.26. The molecule has 0 unspecified atom stereocenters. The van der Waals surface area contributed by atoms with Crippen molar-refractivity contribution in [1.29, 1.82) is 0 Å². The number of benzene rings is 1. The first-order chi connectivity index (χ1) is 15.1. The quantitative estimate of drug-likeness (QED) is 0.468. The molecule has 1 aromatic carbocycles. The fourth-order valence-corrected chi connectivity index (χ4v) is 3.93. The molecule has 32 heavy (non-hydrogen) atoms. The van der Waals surface area contributed by atoms with Crippen LogP contribution in [0.25, 0.3) is 22.6 Å². The summed E-state index contributed by atoms with van der Waals surface area (Å²) in [6.07, 6.45) is 3.62. The number of hydrogen-bond donors (Lipinski definition) is 1. The van der Waals surface area contributed by atoms with Crippen molar-refractivity contribution in [2.45, 2.75) is 51.2 Å². The van der Waals surface area contributed by atoms with Gasteiger partial charge in [-0.2, -0.15) is 0 Å². The van der Waals surface area contributed by atoms with Gasteiger partial charge in [-0.15, -0.1) is 0 Å². The topological polar surface area (TPSA) is 55.6 Å². The van der Waals surface area contributed by atoms with E-state index in [1.807, 2.05) is 0 Å². The third kappa shape index (κ3) is 4.92. The molecule has 0 spiro atoms. The number of halogens is 4. The maximum absolute atomic E-state index is 15.0. The van der Waals surface area contributed by atoms with Crippen molar-refractivity contribution >= 4 is 5.95 Å². The molecule has 0 radical (unpaired) electrons. The Morgan fingerprint density at radius 1 is 1.09 bits per heavy atom. The standard InChI is InChI=1S/C23H25F4N5/c1-22(2,25)32-14-30-19(16-3-5-17(24)6-4-16)20(32)18-9-12-28-21(31-18)29-13-15-7-10-23(26,27)11-8-15/h3-6,9,12,14-15H,7-8,10-11,13H2,1-2H3,(H,28,29,31). The highest BCUT2D eigenvalue weighted by Gasteiger charge is 2.34. The molecular formula is C23H25F4N5. The lowest BCUT2D eigenvalue weighted by molar-refractivity contribution is -0.0443. The van der Waals surface area contributed by atoms with Crippen LogP contribution in [-0.2, 0) is 5.79 Å². The van der Waals surface area contributed by atoms with Gasteiger partial charge in [0.1, 0.15) is 5.82 Å². The number of hydrogen-bond acceptors (Lipinski definition) is 4. The largest absolute Gasteiger partial charge is 0.354 e. The summed E-state index contributed by atoms with van der Waals surface area (Å²) in [5.41, 5.74) is 1.97. The van der Waals surface area contributed by atoms with Crippen LogP contribution in [0, 0.1) is 11.7 Å². The second-order valence-corrected chi connectivity index (χ2v) is 8.67. The van der Waals surface area contributed by atoms with Crippen LogP contribution in [0.15, 0.2) is 42.9 Å². The molecule has 1 aliphatic rings. The molecule has 2 aromatic heterocycles. The first kappa shape index (κ1) is 22.2. The van der Waals surface area contributed by atoms with E-state index in [0.29, 0.717) is 48.0 Å². The van der Waals surface area contributed by atoms with Gasteiger partial charge in [-0.25, -0.2) is 32.5 Å². The van der Waals surface area contributed by atoms with E-state index in [1.54, 1.807) is 24.4 Å². The highest BCUT2D eigenvalue weighted by molar-refractivity contribution is 5.77. The number of nitrogens with one attached hydrogen (secondary N) is 1. The van der Waals surface area contributed by atoms with Gasteiger partial charge >= 0.3 is 0 Å². The number of nitrogens with zero attached hydrogens (tertiary/aromatic N) is 4. The summed E-state index contributed by atoms with van der Waals surface area (Å²) >= 11 is 0. The van der Waals surface area contributed by atoms with Crippen LogP contribution in [0.5, 0.6) is 0 Å². The fraction of sp³-hybridized carbons (Fsp3) is 0.435. The number of aromatic nitrogens is 4. The van der Waals surface area contributed by atoms with Crippen LogP contribution in [0.1, 0.15) is 39.5 Å². The number of imidazole rings is 1. The van der Waals surface area contributed by atoms with Crippen molar-refractivity contribution in [1.82, 2.24) is 19.5 Å². The van der Waals surface area contributed by atoms with Crippen molar-refractivity contribution in [3.8, 4) is 22.6 Å². The molecule has 1 saturated carbocycles. The lowest BCUT2D eigenvalue weighted by Crippen LogP contribution is -2.28. The zero-order chi connectivity index (χ0) is 22.9. The molecule has 1 N–H and O–H groups in total. The van der Waals surface area contributed by atoms with Crippen LogP contribution in [-0.4, -0.2) is 32.0 Å². The molecule has 0 saturated heterocycles. The molecule has 1 aliphatic carbocycles. The Bertz CT molecular complexity index is 1060. The summed E-state index contributed by atoms with van der Waals surface area (Å²) in [4.78, 5) is 13.1. The summed E-state index contributed by atoms with van der Waals surface area (Å²) in [6.45, 7) is 3.30. The Balaban J connectivity index is 1.62. The lowest BCUT2D eigenvalue weighted by atomic mass is 9.87. The average Bonchev–Trinajstić information content (AvgIpc) is 3.19. The Hall–Kier alpha value is -2.97. The molecule has 2 heterocycles. The second-order valence-electron chi connectivity index (χ2n) is 8.67.